The summed E-state index contributed by atoms with van der Waals surface area (Å²) in [5.74, 6) is 0.136. The van der Waals surface area contributed by atoms with Crippen LogP contribution < -0.4 is 5.32 Å². The molecule has 1 atom stereocenters. The predicted molar refractivity (Wildman–Crippen MR) is 84.6 cm³/mol. The van der Waals surface area contributed by atoms with E-state index < -0.39 is 11.5 Å². The summed E-state index contributed by atoms with van der Waals surface area (Å²) in [6.45, 7) is 2.10. The van der Waals surface area contributed by atoms with E-state index in [1.807, 2.05) is 12.1 Å². The predicted octanol–water partition coefficient (Wildman–Crippen LogP) is 2.26. The Balaban J connectivity index is 1.87. The van der Waals surface area contributed by atoms with E-state index in [9.17, 15) is 14.7 Å². The molecule has 2 rings (SSSR count). The summed E-state index contributed by atoms with van der Waals surface area (Å²) in [6, 6.07) is 8.20. The van der Waals surface area contributed by atoms with Crippen LogP contribution in [0, 0.1) is 0 Å². The molecule has 1 saturated heterocycles. The molecular formula is C16H21NO3S. The molecule has 1 aliphatic rings. The monoisotopic (exact) mass is 307 g/mol. The molecule has 2 N–H and O–H groups in total. The van der Waals surface area contributed by atoms with Crippen molar-refractivity contribution in [1.82, 2.24) is 5.32 Å². The Bertz CT molecular complexity index is 507. The Kier molecular flexibility index (Phi) is 5.28. The molecule has 0 saturated carbocycles. The van der Waals surface area contributed by atoms with E-state index in [0.717, 1.165) is 17.7 Å². The Labute approximate surface area is 129 Å². The fourth-order valence-corrected chi connectivity index (χ4v) is 3.74. The SMILES string of the molecule is CCc1ccc(CCC(=O)NC2(C(=O)O)CCSC2)cc1. The lowest BCUT2D eigenvalue weighted by atomic mass is 9.98. The average Bonchev–Trinajstić information content (AvgIpc) is 2.95. The summed E-state index contributed by atoms with van der Waals surface area (Å²) in [4.78, 5) is 23.4. The molecule has 0 aromatic heterocycles. The Morgan fingerprint density at radius 3 is 2.48 bits per heavy atom. The van der Waals surface area contributed by atoms with Gasteiger partial charge in [0.2, 0.25) is 5.91 Å². The van der Waals surface area contributed by atoms with Crippen molar-refractivity contribution in [1.29, 1.82) is 0 Å². The van der Waals surface area contributed by atoms with Gasteiger partial charge in [0.15, 0.2) is 0 Å². The summed E-state index contributed by atoms with van der Waals surface area (Å²) >= 11 is 1.57. The van der Waals surface area contributed by atoms with Crippen LogP contribution in [0.15, 0.2) is 24.3 Å². The summed E-state index contributed by atoms with van der Waals surface area (Å²) in [7, 11) is 0. The molecule has 1 unspecified atom stereocenters. The van der Waals surface area contributed by atoms with E-state index in [1.165, 1.54) is 5.56 Å². The molecule has 1 aromatic carbocycles. The van der Waals surface area contributed by atoms with Gasteiger partial charge in [0.05, 0.1) is 0 Å². The van der Waals surface area contributed by atoms with Crippen molar-refractivity contribution in [3.05, 3.63) is 35.4 Å². The first-order valence-corrected chi connectivity index (χ1v) is 8.41. The molecule has 4 nitrogen and oxygen atoms in total. The maximum Gasteiger partial charge on any atom is 0.330 e. The van der Waals surface area contributed by atoms with Gasteiger partial charge in [0.25, 0.3) is 0 Å². The molecule has 1 heterocycles. The van der Waals surface area contributed by atoms with Gasteiger partial charge in [-0.2, -0.15) is 11.8 Å². The van der Waals surface area contributed by atoms with Gasteiger partial charge in [-0.1, -0.05) is 31.2 Å². The highest BCUT2D eigenvalue weighted by Crippen LogP contribution is 2.28. The molecule has 0 spiro atoms. The molecule has 1 aromatic rings. The van der Waals surface area contributed by atoms with Crippen LogP contribution in [0.1, 0.15) is 30.9 Å². The number of carbonyl (C=O) groups is 2. The molecule has 0 aliphatic carbocycles. The first-order valence-electron chi connectivity index (χ1n) is 7.26. The zero-order valence-corrected chi connectivity index (χ0v) is 13.0. The van der Waals surface area contributed by atoms with Gasteiger partial charge in [-0.15, -0.1) is 0 Å². The topological polar surface area (TPSA) is 66.4 Å². The first kappa shape index (κ1) is 15.9. The zero-order chi connectivity index (χ0) is 15.3. The quantitative estimate of drug-likeness (QED) is 0.846. The molecular weight excluding hydrogens is 286 g/mol. The molecule has 1 amide bonds. The highest BCUT2D eigenvalue weighted by Gasteiger charge is 2.43. The van der Waals surface area contributed by atoms with Crippen molar-refractivity contribution >= 4 is 23.6 Å². The molecule has 114 valence electrons. The van der Waals surface area contributed by atoms with Gasteiger partial charge >= 0.3 is 5.97 Å². The molecule has 1 fully saturated rings. The largest absolute Gasteiger partial charge is 0.479 e. The number of benzene rings is 1. The van der Waals surface area contributed by atoms with Crippen LogP contribution in [0.2, 0.25) is 0 Å². The molecule has 1 aliphatic heterocycles. The van der Waals surface area contributed by atoms with Crippen LogP contribution in [0.3, 0.4) is 0 Å². The van der Waals surface area contributed by atoms with E-state index in [2.05, 4.69) is 24.4 Å². The molecule has 21 heavy (non-hydrogen) atoms. The van der Waals surface area contributed by atoms with Crippen molar-refractivity contribution in [2.75, 3.05) is 11.5 Å². The normalized spacial score (nSPS) is 21.2. The van der Waals surface area contributed by atoms with E-state index in [-0.39, 0.29) is 5.91 Å². The standard InChI is InChI=1S/C16H21NO3S/c1-2-12-3-5-13(6-4-12)7-8-14(18)17-16(15(19)20)9-10-21-11-16/h3-6H,2,7-11H2,1H3,(H,17,18)(H,19,20). The lowest BCUT2D eigenvalue weighted by Crippen LogP contribution is -2.54. The number of thioether (sulfide) groups is 1. The van der Waals surface area contributed by atoms with Crippen LogP contribution in [0.5, 0.6) is 0 Å². The minimum atomic E-state index is -1.06. The van der Waals surface area contributed by atoms with Gasteiger partial charge in [-0.3, -0.25) is 4.79 Å². The second-order valence-corrected chi connectivity index (χ2v) is 6.51. The highest BCUT2D eigenvalue weighted by molar-refractivity contribution is 7.99. The Morgan fingerprint density at radius 1 is 1.29 bits per heavy atom. The third-order valence-electron chi connectivity index (χ3n) is 3.88. The van der Waals surface area contributed by atoms with E-state index in [4.69, 9.17) is 0 Å². The minimum absolute atomic E-state index is 0.181. The number of hydrogen-bond donors (Lipinski definition) is 2. The van der Waals surface area contributed by atoms with Crippen LogP contribution in [0.25, 0.3) is 0 Å². The van der Waals surface area contributed by atoms with Gasteiger partial charge in [-0.25, -0.2) is 4.79 Å². The number of carbonyl (C=O) groups excluding carboxylic acids is 1. The van der Waals surface area contributed by atoms with E-state index >= 15 is 0 Å². The maximum absolute atomic E-state index is 12.0. The van der Waals surface area contributed by atoms with Crippen molar-refractivity contribution in [3.8, 4) is 0 Å². The zero-order valence-electron chi connectivity index (χ0n) is 12.2. The number of hydrogen-bond acceptors (Lipinski definition) is 3. The third-order valence-corrected chi connectivity index (χ3v) is 5.07. The van der Waals surface area contributed by atoms with Crippen molar-refractivity contribution in [3.63, 3.8) is 0 Å². The molecule has 5 heteroatoms. The van der Waals surface area contributed by atoms with Gasteiger partial charge < -0.3 is 10.4 Å². The van der Waals surface area contributed by atoms with E-state index in [0.29, 0.717) is 25.0 Å². The number of aliphatic carboxylic acids is 1. The molecule has 0 bridgehead atoms. The number of nitrogens with one attached hydrogen (secondary N) is 1. The van der Waals surface area contributed by atoms with Gasteiger partial charge in [-0.05, 0) is 36.1 Å². The first-order chi connectivity index (χ1) is 10.1. The number of rotatable bonds is 6. The van der Waals surface area contributed by atoms with Crippen LogP contribution in [-0.2, 0) is 22.4 Å². The summed E-state index contributed by atoms with van der Waals surface area (Å²) in [6.07, 6.45) is 2.47. The van der Waals surface area contributed by atoms with Crippen LogP contribution in [0.4, 0.5) is 0 Å². The second-order valence-electron chi connectivity index (χ2n) is 5.41. The summed E-state index contributed by atoms with van der Waals surface area (Å²) in [5.41, 5.74) is 1.32. The van der Waals surface area contributed by atoms with Crippen LogP contribution in [-0.4, -0.2) is 34.0 Å². The second kappa shape index (κ2) is 6.98. The van der Waals surface area contributed by atoms with Gasteiger partial charge in [0, 0.05) is 12.2 Å². The number of aryl methyl sites for hydroxylation is 2. The number of carboxylic acids is 1. The highest BCUT2D eigenvalue weighted by atomic mass is 32.2. The number of amides is 1. The van der Waals surface area contributed by atoms with Gasteiger partial charge in [0.1, 0.15) is 5.54 Å². The smallest absolute Gasteiger partial charge is 0.330 e. The Morgan fingerprint density at radius 2 is 1.95 bits per heavy atom. The fraction of sp³-hybridized carbons (Fsp3) is 0.500. The van der Waals surface area contributed by atoms with Crippen molar-refractivity contribution < 1.29 is 14.7 Å². The fourth-order valence-electron chi connectivity index (χ4n) is 2.41. The lowest BCUT2D eigenvalue weighted by molar-refractivity contribution is -0.146. The van der Waals surface area contributed by atoms with Crippen LogP contribution >= 0.6 is 11.8 Å². The van der Waals surface area contributed by atoms with Crippen molar-refractivity contribution in [2.45, 2.75) is 38.1 Å². The maximum atomic E-state index is 12.0. The lowest BCUT2D eigenvalue weighted by Gasteiger charge is -2.24. The minimum Gasteiger partial charge on any atom is -0.479 e. The Hall–Kier alpha value is -1.49. The summed E-state index contributed by atoms with van der Waals surface area (Å²) in [5, 5.41) is 12.1. The molecule has 0 radical (unpaired) electrons. The van der Waals surface area contributed by atoms with Crippen molar-refractivity contribution in [2.24, 2.45) is 0 Å². The number of carboxylic acid groups (broad SMARTS) is 1. The third kappa shape index (κ3) is 4.00. The average molecular weight is 307 g/mol. The van der Waals surface area contributed by atoms with E-state index in [1.54, 1.807) is 11.8 Å². The summed E-state index contributed by atoms with van der Waals surface area (Å²) < 4.78 is 0.